The fraction of sp³-hybridized carbons (Fsp3) is 0.611. The highest BCUT2D eigenvalue weighted by Crippen LogP contribution is 2.32. The summed E-state index contributed by atoms with van der Waals surface area (Å²) in [5, 5.41) is 3.01. The molecule has 3 N–H and O–H groups in total. The van der Waals surface area contributed by atoms with Crippen molar-refractivity contribution >= 4 is 5.91 Å². The molecule has 22 heavy (non-hydrogen) atoms. The number of nitrogens with zero attached hydrogens (tertiary/aromatic N) is 1. The lowest BCUT2D eigenvalue weighted by atomic mass is 10.0. The van der Waals surface area contributed by atoms with Crippen LogP contribution in [0.15, 0.2) is 24.3 Å². The summed E-state index contributed by atoms with van der Waals surface area (Å²) in [5.74, 6) is -0.00589. The molecule has 1 aromatic rings. The zero-order valence-corrected chi connectivity index (χ0v) is 13.5. The zero-order valence-electron chi connectivity index (χ0n) is 13.5. The Labute approximate surface area is 133 Å². The third-order valence-electron chi connectivity index (χ3n) is 5.11. The fourth-order valence-corrected chi connectivity index (χ4v) is 3.21. The van der Waals surface area contributed by atoms with Crippen LogP contribution in [0.1, 0.15) is 50.2 Å². The van der Waals surface area contributed by atoms with Crippen molar-refractivity contribution < 1.29 is 4.79 Å². The molecule has 4 heteroatoms. The van der Waals surface area contributed by atoms with Gasteiger partial charge in [0, 0.05) is 19.1 Å². The second-order valence-electron chi connectivity index (χ2n) is 6.92. The van der Waals surface area contributed by atoms with E-state index in [-0.39, 0.29) is 5.91 Å². The molecule has 0 spiro atoms. The first-order chi connectivity index (χ1) is 10.6. The van der Waals surface area contributed by atoms with Gasteiger partial charge in [0.1, 0.15) is 0 Å². The topological polar surface area (TPSA) is 58.4 Å². The summed E-state index contributed by atoms with van der Waals surface area (Å²) < 4.78 is 0. The summed E-state index contributed by atoms with van der Waals surface area (Å²) in [6.07, 6.45) is 5.54. The average molecular weight is 301 g/mol. The number of nitrogens with one attached hydrogen (secondary N) is 1. The maximum absolute atomic E-state index is 12.0. The van der Waals surface area contributed by atoms with Crippen LogP contribution in [0, 0.1) is 0 Å². The van der Waals surface area contributed by atoms with E-state index >= 15 is 0 Å². The van der Waals surface area contributed by atoms with E-state index in [1.54, 1.807) is 0 Å². The third-order valence-corrected chi connectivity index (χ3v) is 5.11. The van der Waals surface area contributed by atoms with Gasteiger partial charge in [0.15, 0.2) is 0 Å². The number of carbonyl (C=O) groups is 1. The van der Waals surface area contributed by atoms with Crippen molar-refractivity contribution in [1.82, 2.24) is 10.2 Å². The first kappa shape index (κ1) is 15.5. The van der Waals surface area contributed by atoms with Crippen LogP contribution in [0.25, 0.3) is 0 Å². The monoisotopic (exact) mass is 301 g/mol. The van der Waals surface area contributed by atoms with Gasteiger partial charge in [-0.15, -0.1) is 0 Å². The van der Waals surface area contributed by atoms with Gasteiger partial charge in [-0.1, -0.05) is 30.7 Å². The maximum atomic E-state index is 12.0. The minimum absolute atomic E-state index is 0.00589. The second kappa shape index (κ2) is 6.39. The van der Waals surface area contributed by atoms with Crippen molar-refractivity contribution in [2.45, 2.75) is 63.7 Å². The Kier molecular flexibility index (Phi) is 4.50. The van der Waals surface area contributed by atoms with Crippen molar-refractivity contribution in [3.63, 3.8) is 0 Å². The Morgan fingerprint density at radius 3 is 2.73 bits per heavy atom. The lowest BCUT2D eigenvalue weighted by Crippen LogP contribution is -2.42. The molecule has 1 heterocycles. The number of piperidine rings is 1. The summed E-state index contributed by atoms with van der Waals surface area (Å²) in [6.45, 7) is 5.04. The summed E-state index contributed by atoms with van der Waals surface area (Å²) in [6, 6.07) is 9.06. The molecule has 0 aromatic heterocycles. The molecule has 1 atom stereocenters. The van der Waals surface area contributed by atoms with Crippen LogP contribution >= 0.6 is 0 Å². The fourth-order valence-electron chi connectivity index (χ4n) is 3.21. The molecule has 1 aliphatic carbocycles. The summed E-state index contributed by atoms with van der Waals surface area (Å²) >= 11 is 0. The van der Waals surface area contributed by atoms with E-state index in [1.807, 2.05) is 6.07 Å². The van der Waals surface area contributed by atoms with E-state index in [0.29, 0.717) is 12.6 Å². The van der Waals surface area contributed by atoms with Crippen molar-refractivity contribution in [3.05, 3.63) is 35.4 Å². The molecule has 120 valence electrons. The van der Waals surface area contributed by atoms with E-state index in [0.717, 1.165) is 19.4 Å². The quantitative estimate of drug-likeness (QED) is 0.876. The standard InChI is InChI=1S/C18H27N3O/c1-14-6-4-5-11-21(14)13-16-8-3-2-7-15(16)12-20-17(22)18(19)9-10-18/h2-3,7-8,14H,4-6,9-13,19H2,1H3,(H,20,22). The molecule has 1 amide bonds. The Balaban J connectivity index is 1.63. The van der Waals surface area contributed by atoms with Gasteiger partial charge in [0.25, 0.3) is 0 Å². The normalized spacial score (nSPS) is 24.0. The predicted molar refractivity (Wildman–Crippen MR) is 88.2 cm³/mol. The number of nitrogens with two attached hydrogens (primary N) is 1. The van der Waals surface area contributed by atoms with Gasteiger partial charge >= 0.3 is 0 Å². The summed E-state index contributed by atoms with van der Waals surface area (Å²) in [7, 11) is 0. The molecule has 0 bridgehead atoms. The summed E-state index contributed by atoms with van der Waals surface area (Å²) in [4.78, 5) is 14.6. The SMILES string of the molecule is CC1CCCCN1Cc1ccccc1CNC(=O)C1(N)CC1. The molecule has 1 aliphatic heterocycles. The highest BCUT2D eigenvalue weighted by atomic mass is 16.2. The molecule has 4 nitrogen and oxygen atoms in total. The van der Waals surface area contributed by atoms with Gasteiger partial charge < -0.3 is 11.1 Å². The number of hydrogen-bond acceptors (Lipinski definition) is 3. The molecular weight excluding hydrogens is 274 g/mol. The average Bonchev–Trinajstić information content (AvgIpc) is 3.27. The van der Waals surface area contributed by atoms with Crippen LogP contribution in [0.2, 0.25) is 0 Å². The van der Waals surface area contributed by atoms with E-state index in [2.05, 4.69) is 35.3 Å². The number of rotatable bonds is 5. The van der Waals surface area contributed by atoms with Gasteiger partial charge in [0.2, 0.25) is 5.91 Å². The number of amides is 1. The van der Waals surface area contributed by atoms with E-state index in [9.17, 15) is 4.79 Å². The van der Waals surface area contributed by atoms with E-state index < -0.39 is 5.54 Å². The van der Waals surface area contributed by atoms with E-state index in [4.69, 9.17) is 5.73 Å². The smallest absolute Gasteiger partial charge is 0.240 e. The first-order valence-corrected chi connectivity index (χ1v) is 8.46. The van der Waals surface area contributed by atoms with Crippen molar-refractivity contribution in [2.24, 2.45) is 5.73 Å². The Bertz CT molecular complexity index is 539. The third kappa shape index (κ3) is 3.50. The van der Waals surface area contributed by atoms with Crippen molar-refractivity contribution in [2.75, 3.05) is 6.54 Å². The van der Waals surface area contributed by atoms with Crippen LogP contribution < -0.4 is 11.1 Å². The van der Waals surface area contributed by atoms with Crippen LogP contribution in [-0.4, -0.2) is 28.9 Å². The molecule has 3 rings (SSSR count). The van der Waals surface area contributed by atoms with Crippen molar-refractivity contribution in [1.29, 1.82) is 0 Å². The van der Waals surface area contributed by atoms with E-state index in [1.165, 1.54) is 36.9 Å². The highest BCUT2D eigenvalue weighted by molar-refractivity contribution is 5.88. The van der Waals surface area contributed by atoms with Gasteiger partial charge in [0.05, 0.1) is 5.54 Å². The minimum Gasteiger partial charge on any atom is -0.350 e. The van der Waals surface area contributed by atoms with Crippen LogP contribution in [0.4, 0.5) is 0 Å². The number of hydrogen-bond donors (Lipinski definition) is 2. The lowest BCUT2D eigenvalue weighted by molar-refractivity contribution is -0.123. The predicted octanol–water partition coefficient (Wildman–Crippen LogP) is 2.17. The van der Waals surface area contributed by atoms with Crippen LogP contribution in [0.3, 0.4) is 0 Å². The second-order valence-corrected chi connectivity index (χ2v) is 6.92. The number of benzene rings is 1. The lowest BCUT2D eigenvalue weighted by Gasteiger charge is -2.33. The van der Waals surface area contributed by atoms with Gasteiger partial charge in [-0.3, -0.25) is 9.69 Å². The first-order valence-electron chi connectivity index (χ1n) is 8.46. The van der Waals surface area contributed by atoms with Crippen LogP contribution in [-0.2, 0) is 17.9 Å². The van der Waals surface area contributed by atoms with Crippen LogP contribution in [0.5, 0.6) is 0 Å². The zero-order chi connectivity index (χ0) is 15.6. The number of likely N-dealkylation sites (tertiary alicyclic amines) is 1. The summed E-state index contributed by atoms with van der Waals surface area (Å²) in [5.41, 5.74) is 7.88. The van der Waals surface area contributed by atoms with Gasteiger partial charge in [-0.25, -0.2) is 0 Å². The van der Waals surface area contributed by atoms with Gasteiger partial charge in [-0.2, -0.15) is 0 Å². The maximum Gasteiger partial charge on any atom is 0.240 e. The highest BCUT2D eigenvalue weighted by Gasteiger charge is 2.45. The molecule has 1 unspecified atom stereocenters. The Morgan fingerprint density at radius 1 is 1.32 bits per heavy atom. The van der Waals surface area contributed by atoms with Crippen molar-refractivity contribution in [3.8, 4) is 0 Å². The molecule has 1 aromatic carbocycles. The Hall–Kier alpha value is -1.39. The number of carbonyl (C=O) groups excluding carboxylic acids is 1. The molecule has 1 saturated carbocycles. The molecule has 0 radical (unpaired) electrons. The molecule has 2 fully saturated rings. The minimum atomic E-state index is -0.587. The van der Waals surface area contributed by atoms with Gasteiger partial charge in [-0.05, 0) is 50.3 Å². The largest absolute Gasteiger partial charge is 0.350 e. The molecular formula is C18H27N3O. The molecule has 1 saturated heterocycles. The molecule has 2 aliphatic rings. The Morgan fingerprint density at radius 2 is 2.05 bits per heavy atom.